The van der Waals surface area contributed by atoms with Crippen LogP contribution in [0.25, 0.3) is 0 Å². The summed E-state index contributed by atoms with van der Waals surface area (Å²) < 4.78 is 0. The fourth-order valence-corrected chi connectivity index (χ4v) is 6.21. The Kier molecular flexibility index (Phi) is 9.02. The number of hydrogen-bond acceptors (Lipinski definition) is 3. The molecule has 2 saturated carbocycles. The van der Waals surface area contributed by atoms with E-state index >= 15 is 0 Å². The summed E-state index contributed by atoms with van der Waals surface area (Å²) in [5.74, 6) is 1.69. The first-order chi connectivity index (χ1) is 14.6. The van der Waals surface area contributed by atoms with Gasteiger partial charge in [0.1, 0.15) is 5.78 Å². The number of nitroso groups, excluding NO2 is 1. The molecule has 4 nitrogen and oxygen atoms in total. The summed E-state index contributed by atoms with van der Waals surface area (Å²) in [5, 5.41) is 2.43. The Labute approximate surface area is 181 Å². The van der Waals surface area contributed by atoms with Gasteiger partial charge in [0.25, 0.3) is 5.91 Å². The molecule has 4 heteroatoms. The second-order valence-corrected chi connectivity index (χ2v) is 9.93. The molecule has 0 bridgehead atoms. The standard InChI is InChI=1S/C26H39NO3/c1-19(24-13-7-8-14-25(24)21-11-5-6-12-21)17-22(20-9-3-2-4-10-20)18-23(28)15-16-26(29)27-30/h7,13,19-22H,2-6,8-12,14-18H2,1H3. The summed E-state index contributed by atoms with van der Waals surface area (Å²) in [5.41, 5.74) is 3.26. The number of nitrogens with zero attached hydrogens (tertiary/aromatic N) is 1. The summed E-state index contributed by atoms with van der Waals surface area (Å²) in [6.07, 6.45) is 20.6. The van der Waals surface area contributed by atoms with E-state index in [1.165, 1.54) is 70.6 Å². The first kappa shape index (κ1) is 23.1. The molecule has 2 unspecified atom stereocenters. The van der Waals surface area contributed by atoms with Crippen molar-refractivity contribution in [2.45, 2.75) is 103 Å². The lowest BCUT2D eigenvalue weighted by atomic mass is 9.71. The number of allylic oxidation sites excluding steroid dienone is 4. The first-order valence-corrected chi connectivity index (χ1v) is 12.4. The van der Waals surface area contributed by atoms with E-state index < -0.39 is 5.91 Å². The monoisotopic (exact) mass is 413 g/mol. The molecule has 0 radical (unpaired) electrons. The predicted molar refractivity (Wildman–Crippen MR) is 121 cm³/mol. The molecule has 3 rings (SSSR count). The summed E-state index contributed by atoms with van der Waals surface area (Å²) >= 11 is 0. The van der Waals surface area contributed by atoms with Gasteiger partial charge >= 0.3 is 0 Å². The third kappa shape index (κ3) is 6.46. The first-order valence-electron chi connectivity index (χ1n) is 12.4. The van der Waals surface area contributed by atoms with Gasteiger partial charge in [-0.2, -0.15) is 0 Å². The molecule has 30 heavy (non-hydrogen) atoms. The Morgan fingerprint density at radius 2 is 1.73 bits per heavy atom. The highest BCUT2D eigenvalue weighted by Crippen LogP contribution is 2.42. The van der Waals surface area contributed by atoms with Crippen LogP contribution in [0.5, 0.6) is 0 Å². The number of carbonyl (C=O) groups excluding carboxylic acids is 2. The van der Waals surface area contributed by atoms with E-state index in [0.29, 0.717) is 24.2 Å². The normalized spacial score (nSPS) is 22.8. The second kappa shape index (κ2) is 11.7. The van der Waals surface area contributed by atoms with Gasteiger partial charge < -0.3 is 0 Å². The van der Waals surface area contributed by atoms with Gasteiger partial charge in [-0.25, -0.2) is 0 Å². The second-order valence-electron chi connectivity index (χ2n) is 9.93. The van der Waals surface area contributed by atoms with Gasteiger partial charge in [-0.15, -0.1) is 4.91 Å². The summed E-state index contributed by atoms with van der Waals surface area (Å²) in [6, 6.07) is 0. The Morgan fingerprint density at radius 3 is 2.43 bits per heavy atom. The Hall–Kier alpha value is -1.58. The van der Waals surface area contributed by atoms with E-state index in [2.05, 4.69) is 24.3 Å². The molecule has 0 N–H and O–H groups in total. The van der Waals surface area contributed by atoms with E-state index in [9.17, 15) is 14.5 Å². The SMILES string of the molecule is CC(CC(CC(=O)CCC(=O)N=O)C1CCCCC1)C1=C(C2CCCC2)CCC=C1. The molecule has 3 aliphatic rings. The van der Waals surface area contributed by atoms with Gasteiger partial charge in [0.2, 0.25) is 0 Å². The Balaban J connectivity index is 1.69. The average Bonchev–Trinajstić information content (AvgIpc) is 3.32. The molecule has 0 aromatic carbocycles. The zero-order valence-corrected chi connectivity index (χ0v) is 18.7. The highest BCUT2D eigenvalue weighted by Gasteiger charge is 2.30. The molecule has 2 atom stereocenters. The maximum absolute atomic E-state index is 12.6. The van der Waals surface area contributed by atoms with Crippen LogP contribution in [0.2, 0.25) is 0 Å². The lowest BCUT2D eigenvalue weighted by Gasteiger charge is -2.33. The fraction of sp³-hybridized carbons (Fsp3) is 0.769. The lowest BCUT2D eigenvalue weighted by molar-refractivity contribution is -0.124. The molecular weight excluding hydrogens is 374 g/mol. The lowest BCUT2D eigenvalue weighted by Crippen LogP contribution is -2.24. The average molecular weight is 414 g/mol. The molecule has 2 fully saturated rings. The van der Waals surface area contributed by atoms with Gasteiger partial charge in [0.15, 0.2) is 0 Å². The number of hydrogen-bond donors (Lipinski definition) is 0. The smallest absolute Gasteiger partial charge is 0.286 e. The largest absolute Gasteiger partial charge is 0.300 e. The molecule has 0 aromatic rings. The number of amides is 1. The molecule has 0 saturated heterocycles. The predicted octanol–water partition coefficient (Wildman–Crippen LogP) is 7.08. The van der Waals surface area contributed by atoms with Crippen molar-refractivity contribution >= 4 is 11.7 Å². The minimum Gasteiger partial charge on any atom is -0.300 e. The highest BCUT2D eigenvalue weighted by atomic mass is 16.3. The third-order valence-corrected chi connectivity index (χ3v) is 7.81. The van der Waals surface area contributed by atoms with Crippen LogP contribution in [0.15, 0.2) is 28.5 Å². The number of ketones is 1. The van der Waals surface area contributed by atoms with Crippen molar-refractivity contribution in [3.8, 4) is 0 Å². The van der Waals surface area contributed by atoms with Crippen LogP contribution < -0.4 is 0 Å². The zero-order valence-electron chi connectivity index (χ0n) is 18.7. The van der Waals surface area contributed by atoms with Crippen LogP contribution in [0.1, 0.15) is 103 Å². The van der Waals surface area contributed by atoms with Crippen molar-refractivity contribution in [1.29, 1.82) is 0 Å². The van der Waals surface area contributed by atoms with Gasteiger partial charge in [-0.05, 0) is 61.3 Å². The zero-order chi connectivity index (χ0) is 21.3. The molecular formula is C26H39NO3. The maximum atomic E-state index is 12.6. The van der Waals surface area contributed by atoms with E-state index in [1.54, 1.807) is 11.1 Å². The topological polar surface area (TPSA) is 63.6 Å². The number of Topliss-reactive ketones (excluding diaryl/α,β-unsaturated/α-hetero) is 1. The van der Waals surface area contributed by atoms with E-state index in [1.807, 2.05) is 0 Å². The van der Waals surface area contributed by atoms with Crippen LogP contribution >= 0.6 is 0 Å². The minimum atomic E-state index is -0.704. The number of carbonyl (C=O) groups is 2. The summed E-state index contributed by atoms with van der Waals surface area (Å²) in [4.78, 5) is 34.2. The summed E-state index contributed by atoms with van der Waals surface area (Å²) in [6.45, 7) is 2.36. The van der Waals surface area contributed by atoms with Crippen LogP contribution in [0.4, 0.5) is 0 Å². The molecule has 0 heterocycles. The highest BCUT2D eigenvalue weighted by molar-refractivity contribution is 5.85. The van der Waals surface area contributed by atoms with Crippen LogP contribution in [-0.2, 0) is 9.59 Å². The minimum absolute atomic E-state index is 0.0327. The van der Waals surface area contributed by atoms with Crippen molar-refractivity contribution in [3.63, 3.8) is 0 Å². The van der Waals surface area contributed by atoms with Crippen molar-refractivity contribution in [3.05, 3.63) is 28.2 Å². The molecule has 0 spiro atoms. The Morgan fingerprint density at radius 1 is 1.03 bits per heavy atom. The third-order valence-electron chi connectivity index (χ3n) is 7.81. The van der Waals surface area contributed by atoms with Crippen molar-refractivity contribution in [2.75, 3.05) is 0 Å². The summed E-state index contributed by atoms with van der Waals surface area (Å²) in [7, 11) is 0. The van der Waals surface area contributed by atoms with Crippen LogP contribution in [0, 0.1) is 28.6 Å². The molecule has 1 amide bonds. The van der Waals surface area contributed by atoms with Gasteiger partial charge in [0, 0.05) is 24.4 Å². The maximum Gasteiger partial charge on any atom is 0.286 e. The van der Waals surface area contributed by atoms with Crippen LogP contribution in [0.3, 0.4) is 0 Å². The quantitative estimate of drug-likeness (QED) is 0.359. The van der Waals surface area contributed by atoms with Gasteiger partial charge in [0.05, 0.1) is 0 Å². The van der Waals surface area contributed by atoms with E-state index in [0.717, 1.165) is 12.3 Å². The van der Waals surface area contributed by atoms with Crippen LogP contribution in [-0.4, -0.2) is 11.7 Å². The van der Waals surface area contributed by atoms with Gasteiger partial charge in [-0.3, -0.25) is 9.59 Å². The Bertz CT molecular complexity index is 666. The molecule has 3 aliphatic carbocycles. The van der Waals surface area contributed by atoms with E-state index in [4.69, 9.17) is 0 Å². The van der Waals surface area contributed by atoms with E-state index in [-0.39, 0.29) is 18.6 Å². The van der Waals surface area contributed by atoms with Crippen molar-refractivity contribution in [1.82, 2.24) is 0 Å². The van der Waals surface area contributed by atoms with Crippen molar-refractivity contribution < 1.29 is 9.59 Å². The fourth-order valence-electron chi connectivity index (χ4n) is 6.21. The molecule has 166 valence electrons. The number of rotatable bonds is 10. The molecule has 0 aliphatic heterocycles. The van der Waals surface area contributed by atoms with Crippen molar-refractivity contribution in [2.24, 2.45) is 28.8 Å². The van der Waals surface area contributed by atoms with Gasteiger partial charge in [-0.1, -0.05) is 69.6 Å². The molecule has 0 aromatic heterocycles.